The molecule has 0 bridgehead atoms. The van der Waals surface area contributed by atoms with E-state index in [9.17, 15) is 10.2 Å². The molecule has 0 aliphatic rings. The molecular formula is C20H28O4. The average Bonchev–Trinajstić information content (AvgIpc) is 2.54. The van der Waals surface area contributed by atoms with E-state index in [0.29, 0.717) is 24.0 Å². The van der Waals surface area contributed by atoms with Crippen LogP contribution in [-0.2, 0) is 6.42 Å². The largest absolute Gasteiger partial charge is 0.504 e. The summed E-state index contributed by atoms with van der Waals surface area (Å²) < 4.78 is 10.3. The van der Waals surface area contributed by atoms with Gasteiger partial charge in [0.2, 0.25) is 11.5 Å². The lowest BCUT2D eigenvalue weighted by Crippen LogP contribution is -1.99. The molecule has 0 fully saturated rings. The summed E-state index contributed by atoms with van der Waals surface area (Å²) in [5.41, 5.74) is 3.62. The summed E-state index contributed by atoms with van der Waals surface area (Å²) in [5.74, 6) is 0.318. The van der Waals surface area contributed by atoms with E-state index in [0.717, 1.165) is 18.4 Å². The lowest BCUT2D eigenvalue weighted by Gasteiger charge is -2.18. The summed E-state index contributed by atoms with van der Waals surface area (Å²) in [6, 6.07) is 0. The summed E-state index contributed by atoms with van der Waals surface area (Å²) in [7, 11) is 2.86. The van der Waals surface area contributed by atoms with Crippen LogP contribution in [0.3, 0.4) is 0 Å². The fraction of sp³-hybridized carbons (Fsp3) is 0.450. The van der Waals surface area contributed by atoms with Gasteiger partial charge in [-0.3, -0.25) is 0 Å². The van der Waals surface area contributed by atoms with Gasteiger partial charge in [-0.25, -0.2) is 0 Å². The van der Waals surface area contributed by atoms with Crippen molar-refractivity contribution in [2.24, 2.45) is 0 Å². The zero-order valence-electron chi connectivity index (χ0n) is 15.3. The Bertz CT molecular complexity index is 627. The molecule has 1 aromatic carbocycles. The fourth-order valence-electron chi connectivity index (χ4n) is 2.64. The Kier molecular flexibility index (Phi) is 7.69. The molecule has 0 saturated carbocycles. The molecule has 0 aromatic heterocycles. The normalized spacial score (nSPS) is 12.4. The minimum Gasteiger partial charge on any atom is -0.504 e. The second kappa shape index (κ2) is 9.26. The van der Waals surface area contributed by atoms with Crippen LogP contribution in [0.1, 0.15) is 44.2 Å². The molecule has 1 aromatic rings. The van der Waals surface area contributed by atoms with Crippen LogP contribution in [0, 0.1) is 13.8 Å². The molecule has 0 atom stereocenters. The van der Waals surface area contributed by atoms with Crippen LogP contribution >= 0.6 is 0 Å². The van der Waals surface area contributed by atoms with Crippen molar-refractivity contribution in [3.63, 3.8) is 0 Å². The van der Waals surface area contributed by atoms with E-state index >= 15 is 0 Å². The number of phenolic OH excluding ortho intramolecular Hbond substituents is 2. The zero-order valence-corrected chi connectivity index (χ0v) is 15.3. The van der Waals surface area contributed by atoms with Crippen LogP contribution in [0.2, 0.25) is 0 Å². The Morgan fingerprint density at radius 1 is 1.00 bits per heavy atom. The van der Waals surface area contributed by atoms with E-state index in [1.54, 1.807) is 6.92 Å². The van der Waals surface area contributed by atoms with Crippen LogP contribution < -0.4 is 9.47 Å². The van der Waals surface area contributed by atoms with Crippen molar-refractivity contribution in [3.8, 4) is 23.0 Å². The molecule has 1 rings (SSSR count). The standard InChI is InChI=1S/C20H28O4/c1-7-9-13(2)10-8-11-14(3)12-16-15(4)17(21)19(23-5)20(24-6)18(16)22/h1,9,11,21-22H,7-8,10,12H2,2-6H3/b13-9+,14-11+. The molecular weight excluding hydrogens is 304 g/mol. The Morgan fingerprint density at radius 3 is 2.12 bits per heavy atom. The molecule has 2 radical (unpaired) electrons. The minimum atomic E-state index is -0.00308. The third-order valence-corrected chi connectivity index (χ3v) is 4.09. The topological polar surface area (TPSA) is 58.9 Å². The van der Waals surface area contributed by atoms with Gasteiger partial charge in [-0.2, -0.15) is 0 Å². The molecule has 0 heterocycles. The molecule has 0 spiro atoms. The first-order valence-electron chi connectivity index (χ1n) is 8.03. The van der Waals surface area contributed by atoms with E-state index in [2.05, 4.69) is 13.0 Å². The van der Waals surface area contributed by atoms with E-state index in [1.807, 2.05) is 13.0 Å². The van der Waals surface area contributed by atoms with Crippen molar-refractivity contribution in [1.82, 2.24) is 0 Å². The predicted molar refractivity (Wildman–Crippen MR) is 97.0 cm³/mol. The van der Waals surface area contributed by atoms with Gasteiger partial charge in [0.15, 0.2) is 11.5 Å². The highest BCUT2D eigenvalue weighted by Crippen LogP contribution is 2.48. The SMILES string of the molecule is [CH]C/C=C(\C)CC/C=C(\C)Cc1c(C)c(O)c(OC)c(OC)c1O. The summed E-state index contributed by atoms with van der Waals surface area (Å²) in [5, 5.41) is 20.8. The lowest BCUT2D eigenvalue weighted by atomic mass is 9.97. The molecule has 0 saturated heterocycles. The number of hydrogen-bond donors (Lipinski definition) is 2. The third-order valence-electron chi connectivity index (χ3n) is 4.09. The number of benzene rings is 1. The molecule has 4 heteroatoms. The fourth-order valence-corrected chi connectivity index (χ4v) is 2.64. The number of methoxy groups -OCH3 is 2. The number of phenols is 2. The first-order valence-corrected chi connectivity index (χ1v) is 8.03. The first kappa shape index (κ1) is 19.9. The Balaban J connectivity index is 3.02. The second-order valence-electron chi connectivity index (χ2n) is 5.92. The van der Waals surface area contributed by atoms with Crippen LogP contribution in [0.5, 0.6) is 23.0 Å². The lowest BCUT2D eigenvalue weighted by molar-refractivity contribution is 0.314. The van der Waals surface area contributed by atoms with Gasteiger partial charge in [-0.15, -0.1) is 0 Å². The van der Waals surface area contributed by atoms with Gasteiger partial charge < -0.3 is 19.7 Å². The molecule has 132 valence electrons. The first-order chi connectivity index (χ1) is 11.4. The maximum atomic E-state index is 10.5. The summed E-state index contributed by atoms with van der Waals surface area (Å²) in [6.45, 7) is 11.3. The minimum absolute atomic E-state index is 0.00308. The summed E-state index contributed by atoms with van der Waals surface area (Å²) in [4.78, 5) is 0. The maximum Gasteiger partial charge on any atom is 0.207 e. The van der Waals surface area contributed by atoms with Crippen LogP contribution in [0.25, 0.3) is 0 Å². The third kappa shape index (κ3) is 4.70. The molecule has 0 aliphatic heterocycles. The van der Waals surface area contributed by atoms with Gasteiger partial charge in [0.1, 0.15) is 0 Å². The predicted octanol–water partition coefficient (Wildman–Crippen LogP) is 4.74. The van der Waals surface area contributed by atoms with E-state index in [1.165, 1.54) is 19.8 Å². The van der Waals surface area contributed by atoms with Crippen LogP contribution in [-0.4, -0.2) is 24.4 Å². The number of ether oxygens (including phenoxy) is 2. The van der Waals surface area contributed by atoms with Gasteiger partial charge in [-0.1, -0.05) is 23.3 Å². The summed E-state index contributed by atoms with van der Waals surface area (Å²) >= 11 is 0. The quantitative estimate of drug-likeness (QED) is 0.533. The number of hydrogen-bond acceptors (Lipinski definition) is 4. The van der Waals surface area contributed by atoms with Crippen molar-refractivity contribution in [2.75, 3.05) is 14.2 Å². The van der Waals surface area contributed by atoms with Crippen molar-refractivity contribution in [2.45, 2.75) is 46.5 Å². The monoisotopic (exact) mass is 332 g/mol. The highest BCUT2D eigenvalue weighted by Gasteiger charge is 2.23. The highest BCUT2D eigenvalue weighted by molar-refractivity contribution is 5.66. The molecule has 2 N–H and O–H groups in total. The van der Waals surface area contributed by atoms with E-state index < -0.39 is 0 Å². The molecule has 24 heavy (non-hydrogen) atoms. The average molecular weight is 332 g/mol. The zero-order chi connectivity index (χ0) is 18.3. The Labute approximate surface area is 145 Å². The van der Waals surface area contributed by atoms with Crippen molar-refractivity contribution >= 4 is 0 Å². The van der Waals surface area contributed by atoms with Gasteiger partial charge in [0.25, 0.3) is 0 Å². The van der Waals surface area contributed by atoms with E-state index in [-0.39, 0.29) is 23.0 Å². The molecule has 0 aliphatic carbocycles. The van der Waals surface area contributed by atoms with Gasteiger partial charge in [-0.05, 0) is 53.4 Å². The molecule has 0 unspecified atom stereocenters. The van der Waals surface area contributed by atoms with Crippen molar-refractivity contribution in [3.05, 3.63) is 41.3 Å². The van der Waals surface area contributed by atoms with Gasteiger partial charge >= 0.3 is 0 Å². The van der Waals surface area contributed by atoms with Crippen LogP contribution in [0.15, 0.2) is 23.3 Å². The highest BCUT2D eigenvalue weighted by atomic mass is 16.5. The smallest absolute Gasteiger partial charge is 0.207 e. The number of allylic oxidation sites excluding steroid dienone is 4. The summed E-state index contributed by atoms with van der Waals surface area (Å²) in [6.07, 6.45) is 7.12. The van der Waals surface area contributed by atoms with Crippen LogP contribution in [0.4, 0.5) is 0 Å². The van der Waals surface area contributed by atoms with E-state index in [4.69, 9.17) is 16.4 Å². The molecule has 0 amide bonds. The second-order valence-corrected chi connectivity index (χ2v) is 5.92. The Hall–Kier alpha value is -2.10. The molecule has 4 nitrogen and oxygen atoms in total. The number of rotatable bonds is 8. The van der Waals surface area contributed by atoms with Gasteiger partial charge in [0, 0.05) is 11.1 Å². The maximum absolute atomic E-state index is 10.5. The number of aromatic hydroxyl groups is 2. The Morgan fingerprint density at radius 2 is 1.58 bits per heavy atom. The van der Waals surface area contributed by atoms with Crippen molar-refractivity contribution in [1.29, 1.82) is 0 Å². The van der Waals surface area contributed by atoms with Crippen molar-refractivity contribution < 1.29 is 19.7 Å². The van der Waals surface area contributed by atoms with Gasteiger partial charge in [0.05, 0.1) is 14.2 Å².